The first-order chi connectivity index (χ1) is 13.2. The van der Waals surface area contributed by atoms with Crippen molar-refractivity contribution in [3.8, 4) is 6.07 Å². The van der Waals surface area contributed by atoms with Crippen LogP contribution in [0.15, 0.2) is 48.5 Å². The molecule has 2 unspecified atom stereocenters. The zero-order valence-corrected chi connectivity index (χ0v) is 15.4. The van der Waals surface area contributed by atoms with Gasteiger partial charge in [-0.1, -0.05) is 42.5 Å². The highest BCUT2D eigenvalue weighted by Crippen LogP contribution is 2.42. The minimum Gasteiger partial charge on any atom is -0.339 e. The van der Waals surface area contributed by atoms with E-state index >= 15 is 0 Å². The Kier molecular flexibility index (Phi) is 5.22. The Morgan fingerprint density at radius 3 is 2.70 bits per heavy atom. The van der Waals surface area contributed by atoms with E-state index in [-0.39, 0.29) is 12.5 Å². The third-order valence-electron chi connectivity index (χ3n) is 5.52. The van der Waals surface area contributed by atoms with Gasteiger partial charge in [0.2, 0.25) is 0 Å². The summed E-state index contributed by atoms with van der Waals surface area (Å²) in [6.07, 6.45) is 4.64. The van der Waals surface area contributed by atoms with Crippen LogP contribution in [0, 0.1) is 17.2 Å². The molecule has 1 amide bonds. The molecule has 0 radical (unpaired) electrons. The second-order valence-electron chi connectivity index (χ2n) is 7.72. The number of rotatable bonds is 8. The maximum absolute atomic E-state index is 12.5. The van der Waals surface area contributed by atoms with Gasteiger partial charge < -0.3 is 10.6 Å². The van der Waals surface area contributed by atoms with Gasteiger partial charge in [0.15, 0.2) is 0 Å². The smallest absolute Gasteiger partial charge is 0.252 e. The standard InChI is InChI=1S/C23H25N3O/c24-10-11-25-23(27)20-9-8-18(21-14-22(21)26-15-17-6-7-17)13-19(20)12-16-4-2-1-3-5-16/h1-5,8-9,13,17,21-22,26H,6-7,11-12,14-15H2,(H,25,27). The zero-order chi connectivity index (χ0) is 18.6. The monoisotopic (exact) mass is 359 g/mol. The lowest BCUT2D eigenvalue weighted by Crippen LogP contribution is -2.25. The number of hydrogen-bond donors (Lipinski definition) is 2. The molecule has 4 heteroatoms. The predicted octanol–water partition coefficient (Wildman–Crippen LogP) is 3.39. The highest BCUT2D eigenvalue weighted by atomic mass is 16.1. The number of carbonyl (C=O) groups is 1. The summed E-state index contributed by atoms with van der Waals surface area (Å²) in [4.78, 5) is 12.5. The van der Waals surface area contributed by atoms with E-state index in [0.29, 0.717) is 17.5 Å². The Morgan fingerprint density at radius 2 is 1.96 bits per heavy atom. The first-order valence-electron chi connectivity index (χ1n) is 9.80. The van der Waals surface area contributed by atoms with Crippen molar-refractivity contribution in [2.75, 3.05) is 13.1 Å². The van der Waals surface area contributed by atoms with Crippen LogP contribution in [0.25, 0.3) is 0 Å². The number of benzene rings is 2. The van der Waals surface area contributed by atoms with E-state index in [4.69, 9.17) is 5.26 Å². The van der Waals surface area contributed by atoms with E-state index in [2.05, 4.69) is 34.9 Å². The minimum atomic E-state index is -0.173. The number of carbonyl (C=O) groups excluding carboxylic acids is 1. The average Bonchev–Trinajstić information content (AvgIpc) is 3.60. The minimum absolute atomic E-state index is 0.0289. The summed E-state index contributed by atoms with van der Waals surface area (Å²) in [5.74, 6) is 1.27. The van der Waals surface area contributed by atoms with Crippen molar-refractivity contribution in [3.63, 3.8) is 0 Å². The molecule has 2 aromatic rings. The lowest BCUT2D eigenvalue weighted by atomic mass is 9.95. The van der Waals surface area contributed by atoms with Gasteiger partial charge in [-0.15, -0.1) is 0 Å². The number of hydrogen-bond acceptors (Lipinski definition) is 3. The largest absolute Gasteiger partial charge is 0.339 e. The normalized spacial score (nSPS) is 20.7. The third-order valence-corrected chi connectivity index (χ3v) is 5.52. The van der Waals surface area contributed by atoms with Crippen LogP contribution in [0.4, 0.5) is 0 Å². The van der Waals surface area contributed by atoms with Gasteiger partial charge in [-0.25, -0.2) is 0 Å². The Balaban J connectivity index is 1.52. The summed E-state index contributed by atoms with van der Waals surface area (Å²) in [6, 6.07) is 19.0. The van der Waals surface area contributed by atoms with Crippen LogP contribution in [0.1, 0.15) is 52.2 Å². The molecule has 0 bridgehead atoms. The highest BCUT2D eigenvalue weighted by Gasteiger charge is 2.39. The van der Waals surface area contributed by atoms with Crippen LogP contribution in [0.5, 0.6) is 0 Å². The number of amides is 1. The van der Waals surface area contributed by atoms with Crippen LogP contribution in [0.3, 0.4) is 0 Å². The second kappa shape index (κ2) is 7.94. The molecular weight excluding hydrogens is 334 g/mol. The van der Waals surface area contributed by atoms with E-state index in [0.717, 1.165) is 24.4 Å². The lowest BCUT2D eigenvalue weighted by Gasteiger charge is -2.12. The second-order valence-corrected chi connectivity index (χ2v) is 7.72. The van der Waals surface area contributed by atoms with Crippen LogP contribution < -0.4 is 10.6 Å². The molecule has 2 aliphatic carbocycles. The molecule has 4 rings (SSSR count). The number of nitrogens with one attached hydrogen (secondary N) is 2. The Morgan fingerprint density at radius 1 is 1.15 bits per heavy atom. The fourth-order valence-electron chi connectivity index (χ4n) is 3.67. The molecule has 0 aromatic heterocycles. The Bertz CT molecular complexity index is 852. The summed E-state index contributed by atoms with van der Waals surface area (Å²) < 4.78 is 0. The van der Waals surface area contributed by atoms with Crippen molar-refractivity contribution < 1.29 is 4.79 Å². The van der Waals surface area contributed by atoms with E-state index in [1.807, 2.05) is 30.3 Å². The first kappa shape index (κ1) is 17.8. The van der Waals surface area contributed by atoms with Gasteiger partial charge in [-0.3, -0.25) is 4.79 Å². The summed E-state index contributed by atoms with van der Waals surface area (Å²) in [7, 11) is 0. The summed E-state index contributed by atoms with van der Waals surface area (Å²) in [5.41, 5.74) is 4.19. The summed E-state index contributed by atoms with van der Waals surface area (Å²) >= 11 is 0. The lowest BCUT2D eigenvalue weighted by molar-refractivity contribution is 0.0957. The molecule has 27 heavy (non-hydrogen) atoms. The molecule has 2 aromatic carbocycles. The molecule has 138 valence electrons. The van der Waals surface area contributed by atoms with Crippen LogP contribution >= 0.6 is 0 Å². The van der Waals surface area contributed by atoms with Crippen molar-refractivity contribution in [2.45, 2.75) is 37.6 Å². The summed E-state index contributed by atoms with van der Waals surface area (Å²) in [5, 5.41) is 15.1. The molecule has 2 saturated carbocycles. The quantitative estimate of drug-likeness (QED) is 0.710. The van der Waals surface area contributed by atoms with Gasteiger partial charge in [0.1, 0.15) is 6.54 Å². The summed E-state index contributed by atoms with van der Waals surface area (Å²) in [6.45, 7) is 1.17. The predicted molar refractivity (Wildman–Crippen MR) is 106 cm³/mol. The fraction of sp³-hybridized carbons (Fsp3) is 0.391. The van der Waals surface area contributed by atoms with E-state index in [9.17, 15) is 4.79 Å². The highest BCUT2D eigenvalue weighted by molar-refractivity contribution is 5.96. The molecule has 0 spiro atoms. The van der Waals surface area contributed by atoms with E-state index < -0.39 is 0 Å². The van der Waals surface area contributed by atoms with Gasteiger partial charge in [-0.05, 0) is 60.9 Å². The molecule has 2 aliphatic rings. The maximum atomic E-state index is 12.5. The number of nitriles is 1. The van der Waals surface area contributed by atoms with Crippen molar-refractivity contribution in [1.29, 1.82) is 5.26 Å². The van der Waals surface area contributed by atoms with Gasteiger partial charge in [0.25, 0.3) is 5.91 Å². The first-order valence-corrected chi connectivity index (χ1v) is 9.80. The SMILES string of the molecule is N#CCNC(=O)c1ccc(C2CC2NCC2CC2)cc1Cc1ccccc1. The average molecular weight is 359 g/mol. The molecular formula is C23H25N3O. The van der Waals surface area contributed by atoms with Gasteiger partial charge in [0.05, 0.1) is 6.07 Å². The van der Waals surface area contributed by atoms with Gasteiger partial charge >= 0.3 is 0 Å². The third kappa shape index (κ3) is 4.56. The van der Waals surface area contributed by atoms with E-state index in [1.54, 1.807) is 0 Å². The van der Waals surface area contributed by atoms with Gasteiger partial charge in [0, 0.05) is 17.5 Å². The van der Waals surface area contributed by atoms with Crippen molar-refractivity contribution in [3.05, 3.63) is 70.8 Å². The zero-order valence-electron chi connectivity index (χ0n) is 15.4. The van der Waals surface area contributed by atoms with Crippen molar-refractivity contribution in [1.82, 2.24) is 10.6 Å². The molecule has 0 saturated heterocycles. The molecule has 0 aliphatic heterocycles. The van der Waals surface area contributed by atoms with Gasteiger partial charge in [-0.2, -0.15) is 5.26 Å². The van der Waals surface area contributed by atoms with Crippen LogP contribution in [-0.4, -0.2) is 25.0 Å². The van der Waals surface area contributed by atoms with Crippen molar-refractivity contribution in [2.24, 2.45) is 5.92 Å². The Hall–Kier alpha value is -2.64. The Labute approximate surface area is 160 Å². The molecule has 4 nitrogen and oxygen atoms in total. The van der Waals surface area contributed by atoms with Crippen LogP contribution in [-0.2, 0) is 6.42 Å². The molecule has 2 N–H and O–H groups in total. The maximum Gasteiger partial charge on any atom is 0.252 e. The number of nitrogens with zero attached hydrogens (tertiary/aromatic N) is 1. The topological polar surface area (TPSA) is 64.9 Å². The fourth-order valence-corrected chi connectivity index (χ4v) is 3.67. The van der Waals surface area contributed by atoms with Crippen molar-refractivity contribution >= 4 is 5.91 Å². The molecule has 2 atom stereocenters. The van der Waals surface area contributed by atoms with E-state index in [1.165, 1.54) is 30.4 Å². The van der Waals surface area contributed by atoms with Crippen LogP contribution in [0.2, 0.25) is 0 Å². The molecule has 2 fully saturated rings. The molecule has 0 heterocycles.